The monoisotopic (exact) mass is 237 g/mol. The maximum absolute atomic E-state index is 12.6. The summed E-state index contributed by atoms with van der Waals surface area (Å²) in [5.74, 6) is -0.0483. The summed E-state index contributed by atoms with van der Waals surface area (Å²) in [5, 5.41) is 0. The van der Waals surface area contributed by atoms with Gasteiger partial charge in [0.1, 0.15) is 0 Å². The minimum atomic E-state index is -0.0874. The van der Waals surface area contributed by atoms with E-state index in [1.807, 2.05) is 12.1 Å². The molecular formula is C7H7FI-. The molecule has 0 spiro atoms. The molecular weight excluding hydrogens is 230 g/mol. The predicted octanol–water partition coefficient (Wildman–Crippen LogP) is -1.29. The van der Waals surface area contributed by atoms with Crippen LogP contribution in [-0.4, -0.2) is 4.93 Å². The summed E-state index contributed by atoms with van der Waals surface area (Å²) in [7, 11) is 0. The van der Waals surface area contributed by atoms with E-state index in [9.17, 15) is 4.39 Å². The van der Waals surface area contributed by atoms with Crippen LogP contribution in [0.2, 0.25) is 0 Å². The van der Waals surface area contributed by atoms with Crippen LogP contribution in [0.3, 0.4) is 0 Å². The first-order valence-corrected chi connectivity index (χ1v) is 5.82. The number of rotatable bonds is 1. The molecule has 2 heteroatoms. The van der Waals surface area contributed by atoms with E-state index in [4.69, 9.17) is 0 Å². The summed E-state index contributed by atoms with van der Waals surface area (Å²) in [6.07, 6.45) is 0. The van der Waals surface area contributed by atoms with E-state index in [1.54, 1.807) is 6.07 Å². The zero-order valence-electron chi connectivity index (χ0n) is 5.07. The van der Waals surface area contributed by atoms with E-state index in [1.165, 1.54) is 6.07 Å². The van der Waals surface area contributed by atoms with Gasteiger partial charge in [0.2, 0.25) is 0 Å². The van der Waals surface area contributed by atoms with Crippen molar-refractivity contribution in [3.63, 3.8) is 0 Å². The van der Waals surface area contributed by atoms with E-state index >= 15 is 0 Å². The summed E-state index contributed by atoms with van der Waals surface area (Å²) < 4.78 is 13.5. The SMILES string of the molecule is C[I-]c1ccccc1F. The van der Waals surface area contributed by atoms with Gasteiger partial charge in [0.15, 0.2) is 0 Å². The first-order chi connectivity index (χ1) is 4.34. The molecule has 0 unspecified atom stereocenters. The number of hydrogen-bond donors (Lipinski definition) is 0. The van der Waals surface area contributed by atoms with Gasteiger partial charge in [-0.05, 0) is 0 Å². The molecule has 0 atom stereocenters. The maximum atomic E-state index is 12.6. The second-order valence-electron chi connectivity index (χ2n) is 1.60. The Balaban J connectivity index is 3.01. The Bertz CT molecular complexity index is 198. The molecule has 0 aromatic heterocycles. The van der Waals surface area contributed by atoms with Gasteiger partial charge in [0.05, 0.1) is 0 Å². The summed E-state index contributed by atoms with van der Waals surface area (Å²) >= 11 is -0.0874. The number of halogens is 2. The summed E-state index contributed by atoms with van der Waals surface area (Å²) in [6, 6.07) is 6.96. The second-order valence-corrected chi connectivity index (χ2v) is 3.84. The van der Waals surface area contributed by atoms with Crippen molar-refractivity contribution in [2.45, 2.75) is 0 Å². The van der Waals surface area contributed by atoms with Gasteiger partial charge in [-0.3, -0.25) is 0 Å². The first kappa shape index (κ1) is 6.99. The van der Waals surface area contributed by atoms with Crippen LogP contribution in [0.5, 0.6) is 0 Å². The third kappa shape index (κ3) is 1.64. The van der Waals surface area contributed by atoms with E-state index in [-0.39, 0.29) is 27.0 Å². The molecule has 1 aromatic rings. The Labute approximate surface area is 64.3 Å². The van der Waals surface area contributed by atoms with Crippen molar-refractivity contribution in [3.8, 4) is 0 Å². The normalized spacial score (nSPS) is 10.0. The van der Waals surface area contributed by atoms with Crippen molar-refractivity contribution in [2.75, 3.05) is 4.93 Å². The molecule has 0 aliphatic rings. The fraction of sp³-hybridized carbons (Fsp3) is 0.143. The van der Waals surface area contributed by atoms with Crippen molar-refractivity contribution in [2.24, 2.45) is 0 Å². The van der Waals surface area contributed by atoms with Crippen molar-refractivity contribution in [1.29, 1.82) is 0 Å². The Kier molecular flexibility index (Phi) is 2.45. The number of benzene rings is 1. The van der Waals surface area contributed by atoms with Crippen LogP contribution in [0.4, 0.5) is 4.39 Å². The Morgan fingerprint density at radius 2 is 2.00 bits per heavy atom. The summed E-state index contributed by atoms with van der Waals surface area (Å²) in [5.41, 5.74) is 0. The van der Waals surface area contributed by atoms with Crippen LogP contribution >= 0.6 is 0 Å². The van der Waals surface area contributed by atoms with Gasteiger partial charge in [-0.15, -0.1) is 0 Å². The fourth-order valence-corrected chi connectivity index (χ4v) is 1.85. The van der Waals surface area contributed by atoms with Crippen molar-refractivity contribution in [3.05, 3.63) is 33.7 Å². The number of hydrogen-bond acceptors (Lipinski definition) is 0. The van der Waals surface area contributed by atoms with E-state index < -0.39 is 0 Å². The van der Waals surface area contributed by atoms with Crippen LogP contribution in [-0.2, 0) is 0 Å². The van der Waals surface area contributed by atoms with Gasteiger partial charge in [-0.2, -0.15) is 0 Å². The Morgan fingerprint density at radius 3 is 2.44 bits per heavy atom. The molecule has 9 heavy (non-hydrogen) atoms. The molecule has 50 valence electrons. The summed E-state index contributed by atoms with van der Waals surface area (Å²) in [6.45, 7) is 0. The molecule has 0 aliphatic heterocycles. The summed E-state index contributed by atoms with van der Waals surface area (Å²) in [4.78, 5) is 2.05. The van der Waals surface area contributed by atoms with Crippen molar-refractivity contribution in [1.82, 2.24) is 0 Å². The zero-order chi connectivity index (χ0) is 6.69. The van der Waals surface area contributed by atoms with E-state index in [2.05, 4.69) is 4.93 Å². The quantitative estimate of drug-likeness (QED) is 0.421. The zero-order valence-corrected chi connectivity index (χ0v) is 7.22. The van der Waals surface area contributed by atoms with Gasteiger partial charge in [0.25, 0.3) is 0 Å². The minimum absolute atomic E-state index is 0.0483. The molecule has 1 rings (SSSR count). The third-order valence-electron chi connectivity index (χ3n) is 1.03. The average Bonchev–Trinajstić information content (AvgIpc) is 1.89. The van der Waals surface area contributed by atoms with E-state index in [0.717, 1.165) is 3.57 Å². The molecule has 0 heterocycles. The van der Waals surface area contributed by atoms with Gasteiger partial charge in [-0.25, -0.2) is 0 Å². The molecule has 0 aliphatic carbocycles. The van der Waals surface area contributed by atoms with E-state index in [0.29, 0.717) is 0 Å². The molecule has 1 aromatic carbocycles. The molecule has 0 bridgehead atoms. The van der Waals surface area contributed by atoms with Crippen LogP contribution in [0.15, 0.2) is 24.3 Å². The molecule has 0 radical (unpaired) electrons. The molecule has 0 nitrogen and oxygen atoms in total. The predicted molar refractivity (Wildman–Crippen MR) is 31.0 cm³/mol. The Hall–Kier alpha value is -0.120. The van der Waals surface area contributed by atoms with Gasteiger partial charge in [0, 0.05) is 0 Å². The van der Waals surface area contributed by atoms with Crippen molar-refractivity contribution < 1.29 is 25.6 Å². The van der Waals surface area contributed by atoms with Crippen LogP contribution in [0, 0.1) is 9.39 Å². The topological polar surface area (TPSA) is 0 Å². The van der Waals surface area contributed by atoms with Crippen LogP contribution in [0.25, 0.3) is 0 Å². The van der Waals surface area contributed by atoms with Crippen LogP contribution < -0.4 is 21.2 Å². The standard InChI is InChI=1S/C7H7FI/c1-9-7-5-3-2-4-6(7)8/h2-5H,1H3/q-1. The Morgan fingerprint density at radius 1 is 1.33 bits per heavy atom. The molecule has 0 saturated carbocycles. The fourth-order valence-electron chi connectivity index (χ4n) is 0.593. The third-order valence-corrected chi connectivity index (χ3v) is 3.07. The van der Waals surface area contributed by atoms with Gasteiger partial charge >= 0.3 is 64.2 Å². The van der Waals surface area contributed by atoms with Gasteiger partial charge in [-0.1, -0.05) is 0 Å². The molecule has 0 N–H and O–H groups in total. The molecule has 0 fully saturated rings. The first-order valence-electron chi connectivity index (χ1n) is 2.58. The molecule has 0 saturated heterocycles. The average molecular weight is 237 g/mol. The van der Waals surface area contributed by atoms with Gasteiger partial charge < -0.3 is 0 Å². The van der Waals surface area contributed by atoms with Crippen molar-refractivity contribution >= 4 is 0 Å². The van der Waals surface area contributed by atoms with Crippen LogP contribution in [0.1, 0.15) is 0 Å². The number of alkyl halides is 1. The molecule has 0 amide bonds. The second kappa shape index (κ2) is 3.15.